The number of fused-ring (bicyclic) bond motifs is 1. The molecule has 0 bridgehead atoms. The minimum absolute atomic E-state index is 0.0634. The number of benzene rings is 1. The van der Waals surface area contributed by atoms with Crippen molar-refractivity contribution in [3.63, 3.8) is 0 Å². The van der Waals surface area contributed by atoms with Gasteiger partial charge in [-0.15, -0.1) is 0 Å². The van der Waals surface area contributed by atoms with Crippen LogP contribution in [0.15, 0.2) is 42.6 Å². The molecule has 0 saturated carbocycles. The minimum atomic E-state index is -4.34. The van der Waals surface area contributed by atoms with Crippen LogP contribution in [0.2, 0.25) is 0 Å². The first kappa shape index (κ1) is 13.4. The molecule has 0 unspecified atom stereocenters. The van der Waals surface area contributed by atoms with Gasteiger partial charge < -0.3 is 5.11 Å². The van der Waals surface area contributed by atoms with Crippen LogP contribution in [-0.2, 0) is 12.6 Å². The van der Waals surface area contributed by atoms with E-state index in [1.165, 1.54) is 28.9 Å². The molecule has 0 atom stereocenters. The van der Waals surface area contributed by atoms with Crippen LogP contribution in [0.3, 0.4) is 0 Å². The van der Waals surface area contributed by atoms with Crippen molar-refractivity contribution in [3.05, 3.63) is 59.5 Å². The lowest BCUT2D eigenvalue weighted by Crippen LogP contribution is -2.04. The maximum atomic E-state index is 12.5. The third-order valence-corrected chi connectivity index (χ3v) is 3.00. The molecule has 2 aromatic heterocycles. The highest BCUT2D eigenvalue weighted by molar-refractivity contribution is 5.40. The van der Waals surface area contributed by atoms with E-state index in [1.54, 1.807) is 6.07 Å². The van der Waals surface area contributed by atoms with Gasteiger partial charge in [0.25, 0.3) is 0 Å². The monoisotopic (exact) mass is 293 g/mol. The second kappa shape index (κ2) is 4.76. The second-order valence-electron chi connectivity index (χ2n) is 4.59. The van der Waals surface area contributed by atoms with Crippen molar-refractivity contribution in [2.24, 2.45) is 0 Å². The largest absolute Gasteiger partial charge is 0.506 e. The number of nitrogens with zero attached hydrogens (tertiary/aromatic N) is 3. The Kier molecular flexibility index (Phi) is 3.04. The first-order valence-corrected chi connectivity index (χ1v) is 6.12. The number of alkyl halides is 3. The summed E-state index contributed by atoms with van der Waals surface area (Å²) in [6.45, 7) is 0. The van der Waals surface area contributed by atoms with E-state index < -0.39 is 11.7 Å². The van der Waals surface area contributed by atoms with Crippen molar-refractivity contribution in [1.29, 1.82) is 0 Å². The highest BCUT2D eigenvalue weighted by Crippen LogP contribution is 2.29. The Balaban J connectivity index is 1.84. The summed E-state index contributed by atoms with van der Waals surface area (Å²) < 4.78 is 38.8. The normalized spacial score (nSPS) is 12.0. The standard InChI is InChI=1S/C14H10F3N3O/c15-14(16,17)10-3-1-9(2-4-10)7-12-18-13-6-5-11(21)8-20(13)19-12/h1-6,8,21H,7H2. The summed E-state index contributed by atoms with van der Waals surface area (Å²) in [7, 11) is 0. The van der Waals surface area contributed by atoms with E-state index in [-0.39, 0.29) is 5.75 Å². The molecular formula is C14H10F3N3O. The first-order chi connectivity index (χ1) is 9.91. The van der Waals surface area contributed by atoms with Gasteiger partial charge in [0, 0.05) is 6.42 Å². The van der Waals surface area contributed by atoms with E-state index in [1.807, 2.05) is 0 Å². The predicted molar refractivity (Wildman–Crippen MR) is 68.9 cm³/mol. The van der Waals surface area contributed by atoms with Crippen molar-refractivity contribution >= 4 is 5.65 Å². The van der Waals surface area contributed by atoms with Crippen LogP contribution in [0.1, 0.15) is 17.0 Å². The topological polar surface area (TPSA) is 50.4 Å². The van der Waals surface area contributed by atoms with Crippen LogP contribution in [0.25, 0.3) is 5.65 Å². The third-order valence-electron chi connectivity index (χ3n) is 3.00. The molecule has 1 N–H and O–H groups in total. The van der Waals surface area contributed by atoms with E-state index >= 15 is 0 Å². The number of hydrogen-bond acceptors (Lipinski definition) is 3. The Morgan fingerprint density at radius 2 is 1.76 bits per heavy atom. The molecule has 21 heavy (non-hydrogen) atoms. The molecule has 0 fully saturated rings. The van der Waals surface area contributed by atoms with Gasteiger partial charge in [-0.25, -0.2) is 9.50 Å². The van der Waals surface area contributed by atoms with E-state index in [9.17, 15) is 18.3 Å². The summed E-state index contributed by atoms with van der Waals surface area (Å²) in [5.41, 5.74) is 0.567. The Morgan fingerprint density at radius 3 is 2.43 bits per heavy atom. The van der Waals surface area contributed by atoms with Crippen molar-refractivity contribution < 1.29 is 18.3 Å². The number of rotatable bonds is 2. The SMILES string of the molecule is Oc1ccc2nc(Cc3ccc(C(F)(F)F)cc3)nn2c1. The molecule has 3 rings (SSSR count). The van der Waals surface area contributed by atoms with E-state index in [4.69, 9.17) is 0 Å². The molecule has 0 aliphatic rings. The van der Waals surface area contributed by atoms with Gasteiger partial charge in [0.2, 0.25) is 0 Å². The molecule has 0 aliphatic carbocycles. The lowest BCUT2D eigenvalue weighted by molar-refractivity contribution is -0.137. The Hall–Kier alpha value is -2.57. The average Bonchev–Trinajstić information content (AvgIpc) is 2.79. The van der Waals surface area contributed by atoms with Crippen LogP contribution in [0, 0.1) is 0 Å². The first-order valence-electron chi connectivity index (χ1n) is 6.12. The fourth-order valence-corrected chi connectivity index (χ4v) is 1.99. The number of aromatic hydroxyl groups is 1. The van der Waals surface area contributed by atoms with Gasteiger partial charge in [0.15, 0.2) is 11.5 Å². The van der Waals surface area contributed by atoms with Crippen molar-refractivity contribution in [1.82, 2.24) is 14.6 Å². The molecule has 0 radical (unpaired) electrons. The van der Waals surface area contributed by atoms with Crippen LogP contribution in [0.5, 0.6) is 5.75 Å². The smallest absolute Gasteiger partial charge is 0.416 e. The summed E-state index contributed by atoms with van der Waals surface area (Å²) >= 11 is 0. The average molecular weight is 293 g/mol. The van der Waals surface area contributed by atoms with Gasteiger partial charge in [0.1, 0.15) is 5.75 Å². The lowest BCUT2D eigenvalue weighted by Gasteiger charge is -2.06. The number of hydrogen-bond donors (Lipinski definition) is 1. The molecule has 0 aliphatic heterocycles. The Bertz CT molecular complexity index is 778. The molecule has 0 amide bonds. The van der Waals surface area contributed by atoms with Crippen LogP contribution >= 0.6 is 0 Å². The zero-order valence-electron chi connectivity index (χ0n) is 10.7. The molecule has 7 heteroatoms. The summed E-state index contributed by atoms with van der Waals surface area (Å²) in [6, 6.07) is 8.00. The van der Waals surface area contributed by atoms with Crippen LogP contribution < -0.4 is 0 Å². The quantitative estimate of drug-likeness (QED) is 0.790. The van der Waals surface area contributed by atoms with Gasteiger partial charge in [-0.3, -0.25) is 0 Å². The van der Waals surface area contributed by atoms with Crippen molar-refractivity contribution in [2.45, 2.75) is 12.6 Å². The van der Waals surface area contributed by atoms with Crippen molar-refractivity contribution in [3.8, 4) is 5.75 Å². The van der Waals surface area contributed by atoms with Gasteiger partial charge in [-0.1, -0.05) is 12.1 Å². The summed E-state index contributed by atoms with van der Waals surface area (Å²) in [6.07, 6.45) is -2.60. The molecule has 3 aromatic rings. The van der Waals surface area contributed by atoms with E-state index in [0.717, 1.165) is 12.1 Å². The highest BCUT2D eigenvalue weighted by Gasteiger charge is 2.29. The molecule has 0 spiro atoms. The zero-order chi connectivity index (χ0) is 15.0. The van der Waals surface area contributed by atoms with Gasteiger partial charge in [-0.05, 0) is 29.8 Å². The fraction of sp³-hybridized carbons (Fsp3) is 0.143. The summed E-state index contributed by atoms with van der Waals surface area (Å²) in [4.78, 5) is 4.24. The zero-order valence-corrected chi connectivity index (χ0v) is 10.7. The fourth-order valence-electron chi connectivity index (χ4n) is 1.99. The van der Waals surface area contributed by atoms with Crippen LogP contribution in [0.4, 0.5) is 13.2 Å². The Labute approximate surface area is 117 Å². The maximum Gasteiger partial charge on any atom is 0.416 e. The van der Waals surface area contributed by atoms with Crippen LogP contribution in [-0.4, -0.2) is 19.7 Å². The lowest BCUT2D eigenvalue weighted by atomic mass is 10.1. The van der Waals surface area contributed by atoms with Crippen molar-refractivity contribution in [2.75, 3.05) is 0 Å². The number of pyridine rings is 1. The number of halogens is 3. The molecule has 1 aromatic carbocycles. The molecule has 0 saturated heterocycles. The van der Waals surface area contributed by atoms with Gasteiger partial charge >= 0.3 is 6.18 Å². The third kappa shape index (κ3) is 2.81. The van der Waals surface area contributed by atoms with E-state index in [0.29, 0.717) is 23.5 Å². The number of aromatic nitrogens is 3. The molecular weight excluding hydrogens is 283 g/mol. The minimum Gasteiger partial charge on any atom is -0.506 e. The predicted octanol–water partition coefficient (Wildman–Crippen LogP) is 3.04. The second-order valence-corrected chi connectivity index (χ2v) is 4.59. The van der Waals surface area contributed by atoms with Gasteiger partial charge in [-0.2, -0.15) is 18.3 Å². The molecule has 2 heterocycles. The highest BCUT2D eigenvalue weighted by atomic mass is 19.4. The summed E-state index contributed by atoms with van der Waals surface area (Å²) in [5.74, 6) is 0.536. The Morgan fingerprint density at radius 1 is 1.05 bits per heavy atom. The summed E-state index contributed by atoms with van der Waals surface area (Å²) in [5, 5.41) is 13.5. The maximum absolute atomic E-state index is 12.5. The van der Waals surface area contributed by atoms with Gasteiger partial charge in [0.05, 0.1) is 11.8 Å². The molecule has 108 valence electrons. The van der Waals surface area contributed by atoms with E-state index in [2.05, 4.69) is 10.1 Å². The molecule has 4 nitrogen and oxygen atoms in total.